The maximum Gasteiger partial charge on any atom is 0.335 e. The maximum absolute atomic E-state index is 12.0. The van der Waals surface area contributed by atoms with Crippen molar-refractivity contribution in [3.8, 4) is 11.8 Å². The zero-order chi connectivity index (χ0) is 20.2. The lowest BCUT2D eigenvalue weighted by molar-refractivity contribution is 0.0697. The molecule has 7 heteroatoms. The van der Waals surface area contributed by atoms with E-state index >= 15 is 0 Å². The summed E-state index contributed by atoms with van der Waals surface area (Å²) in [6.45, 7) is 0.437. The molecular formula is C22H16N4O3. The molecule has 2 heterocycles. The Labute approximate surface area is 165 Å². The monoisotopic (exact) mass is 384 g/mol. The Bertz CT molecular complexity index is 1290. The third-order valence-corrected chi connectivity index (χ3v) is 4.47. The topological polar surface area (TPSA) is 101 Å². The number of hydrogen-bond acceptors (Lipinski definition) is 4. The van der Waals surface area contributed by atoms with Gasteiger partial charge < -0.3 is 10.1 Å². The molecule has 0 aliphatic carbocycles. The number of nitrogens with one attached hydrogen (secondary N) is 1. The molecule has 0 aliphatic rings. The summed E-state index contributed by atoms with van der Waals surface area (Å²) in [5.74, 6) is 5.19. The van der Waals surface area contributed by atoms with Crippen LogP contribution in [0.3, 0.4) is 0 Å². The van der Waals surface area contributed by atoms with Crippen molar-refractivity contribution in [2.24, 2.45) is 0 Å². The number of aromatic nitrogens is 4. The van der Waals surface area contributed by atoms with E-state index in [2.05, 4.69) is 27.1 Å². The molecule has 0 bridgehead atoms. The standard InChI is InChI=1S/C22H16N4O3/c27-21-14-18-8-5-15(2-1-10-26-11-9-23-25-26)12-19(18)20(24-21)13-16-3-6-17(7-4-16)22(28)29/h3-9,11-12,14H,10,13H2,(H,24,27)(H,28,29). The normalized spacial score (nSPS) is 10.5. The van der Waals surface area contributed by atoms with Gasteiger partial charge in [0.05, 0.1) is 11.8 Å². The average Bonchev–Trinajstić information content (AvgIpc) is 3.22. The van der Waals surface area contributed by atoms with Crippen LogP contribution in [0.5, 0.6) is 0 Å². The number of rotatable bonds is 4. The first-order chi connectivity index (χ1) is 14.1. The Kier molecular flexibility index (Phi) is 4.91. The Hall–Kier alpha value is -4.18. The second-order valence-corrected chi connectivity index (χ2v) is 6.50. The summed E-state index contributed by atoms with van der Waals surface area (Å²) in [6, 6.07) is 13.9. The van der Waals surface area contributed by atoms with Crippen LogP contribution in [0, 0.1) is 11.8 Å². The van der Waals surface area contributed by atoms with Gasteiger partial charge in [-0.25, -0.2) is 9.48 Å². The largest absolute Gasteiger partial charge is 0.478 e. The predicted octanol–water partition coefficient (Wildman–Crippen LogP) is 2.46. The molecule has 2 aromatic carbocycles. The van der Waals surface area contributed by atoms with Gasteiger partial charge in [-0.05, 0) is 35.2 Å². The fourth-order valence-electron chi connectivity index (χ4n) is 3.06. The molecular weight excluding hydrogens is 368 g/mol. The number of aromatic carboxylic acids is 1. The summed E-state index contributed by atoms with van der Waals surface area (Å²) in [5.41, 5.74) is 2.54. The summed E-state index contributed by atoms with van der Waals surface area (Å²) in [6.07, 6.45) is 3.82. The van der Waals surface area contributed by atoms with E-state index in [-0.39, 0.29) is 11.1 Å². The number of fused-ring (bicyclic) bond motifs is 1. The molecule has 0 fully saturated rings. The quantitative estimate of drug-likeness (QED) is 0.527. The second-order valence-electron chi connectivity index (χ2n) is 6.50. The van der Waals surface area contributed by atoms with Gasteiger partial charge in [0, 0.05) is 35.3 Å². The van der Waals surface area contributed by atoms with Gasteiger partial charge in [-0.3, -0.25) is 4.79 Å². The number of carboxylic acid groups (broad SMARTS) is 1. The lowest BCUT2D eigenvalue weighted by Crippen LogP contribution is -2.09. The van der Waals surface area contributed by atoms with E-state index in [0.717, 1.165) is 27.6 Å². The summed E-state index contributed by atoms with van der Waals surface area (Å²) < 4.78 is 1.64. The highest BCUT2D eigenvalue weighted by Gasteiger charge is 2.07. The van der Waals surface area contributed by atoms with E-state index < -0.39 is 5.97 Å². The molecule has 0 amide bonds. The molecule has 0 saturated heterocycles. The van der Waals surface area contributed by atoms with Crippen molar-refractivity contribution in [3.05, 3.63) is 93.7 Å². The Morgan fingerprint density at radius 3 is 2.69 bits per heavy atom. The van der Waals surface area contributed by atoms with Crippen molar-refractivity contribution in [1.82, 2.24) is 20.0 Å². The van der Waals surface area contributed by atoms with E-state index in [1.807, 2.05) is 18.2 Å². The third-order valence-electron chi connectivity index (χ3n) is 4.47. The van der Waals surface area contributed by atoms with Crippen LogP contribution >= 0.6 is 0 Å². The fourth-order valence-corrected chi connectivity index (χ4v) is 3.06. The number of aromatic amines is 1. The van der Waals surface area contributed by atoms with Crippen LogP contribution in [0.25, 0.3) is 10.8 Å². The molecule has 0 spiro atoms. The van der Waals surface area contributed by atoms with E-state index in [1.54, 1.807) is 47.4 Å². The van der Waals surface area contributed by atoms with Crippen molar-refractivity contribution in [2.75, 3.05) is 0 Å². The number of benzene rings is 2. The third kappa shape index (κ3) is 4.22. The smallest absolute Gasteiger partial charge is 0.335 e. The van der Waals surface area contributed by atoms with E-state index in [9.17, 15) is 9.59 Å². The molecule has 0 aliphatic heterocycles. The Balaban J connectivity index is 1.66. The number of carboxylic acids is 1. The molecule has 0 saturated carbocycles. The second kappa shape index (κ2) is 7.82. The van der Waals surface area contributed by atoms with E-state index in [0.29, 0.717) is 13.0 Å². The molecule has 142 valence electrons. The van der Waals surface area contributed by atoms with Crippen LogP contribution in [-0.2, 0) is 13.0 Å². The molecule has 2 aromatic heterocycles. The van der Waals surface area contributed by atoms with Gasteiger partial charge in [0.2, 0.25) is 5.56 Å². The Morgan fingerprint density at radius 2 is 1.97 bits per heavy atom. The summed E-state index contributed by atoms with van der Waals surface area (Å²) in [4.78, 5) is 26.0. The first-order valence-corrected chi connectivity index (χ1v) is 8.90. The van der Waals surface area contributed by atoms with Gasteiger partial charge in [-0.15, -0.1) is 5.10 Å². The van der Waals surface area contributed by atoms with Gasteiger partial charge >= 0.3 is 5.97 Å². The highest BCUT2D eigenvalue weighted by Crippen LogP contribution is 2.20. The SMILES string of the molecule is O=C(O)c1ccc(Cc2[nH]c(=O)cc3ccc(C#CCn4ccnn4)cc23)cc1. The highest BCUT2D eigenvalue weighted by molar-refractivity contribution is 5.88. The molecule has 0 atom stereocenters. The summed E-state index contributed by atoms with van der Waals surface area (Å²) in [5, 5.41) is 18.4. The van der Waals surface area contributed by atoms with Crippen molar-refractivity contribution < 1.29 is 9.90 Å². The zero-order valence-electron chi connectivity index (χ0n) is 15.3. The van der Waals surface area contributed by atoms with Crippen LogP contribution < -0.4 is 5.56 Å². The Morgan fingerprint density at radius 1 is 1.14 bits per heavy atom. The number of nitrogens with zero attached hydrogens (tertiary/aromatic N) is 3. The maximum atomic E-state index is 12.0. The minimum Gasteiger partial charge on any atom is -0.478 e. The number of hydrogen-bond donors (Lipinski definition) is 2. The van der Waals surface area contributed by atoms with Gasteiger partial charge in [-0.2, -0.15) is 0 Å². The van der Waals surface area contributed by atoms with Crippen LogP contribution in [0.1, 0.15) is 27.2 Å². The minimum atomic E-state index is -0.968. The number of carbonyl (C=O) groups is 1. The number of H-pyrrole nitrogens is 1. The fraction of sp³-hybridized carbons (Fsp3) is 0.0909. The van der Waals surface area contributed by atoms with E-state index in [4.69, 9.17) is 5.11 Å². The van der Waals surface area contributed by atoms with Crippen LogP contribution in [0.15, 0.2) is 65.7 Å². The van der Waals surface area contributed by atoms with Gasteiger partial charge in [0.15, 0.2) is 0 Å². The lowest BCUT2D eigenvalue weighted by Gasteiger charge is -2.08. The van der Waals surface area contributed by atoms with Crippen LogP contribution in [-0.4, -0.2) is 31.1 Å². The molecule has 4 aromatic rings. The van der Waals surface area contributed by atoms with Gasteiger partial charge in [0.25, 0.3) is 0 Å². The summed E-state index contributed by atoms with van der Waals surface area (Å²) in [7, 11) is 0. The van der Waals surface area contributed by atoms with Crippen molar-refractivity contribution in [1.29, 1.82) is 0 Å². The molecule has 29 heavy (non-hydrogen) atoms. The first-order valence-electron chi connectivity index (χ1n) is 8.90. The van der Waals surface area contributed by atoms with Crippen LogP contribution in [0.2, 0.25) is 0 Å². The van der Waals surface area contributed by atoms with Crippen LogP contribution in [0.4, 0.5) is 0 Å². The molecule has 0 radical (unpaired) electrons. The summed E-state index contributed by atoms with van der Waals surface area (Å²) >= 11 is 0. The molecule has 7 nitrogen and oxygen atoms in total. The molecule has 2 N–H and O–H groups in total. The lowest BCUT2D eigenvalue weighted by atomic mass is 10.0. The average molecular weight is 384 g/mol. The molecule has 0 unspecified atom stereocenters. The molecule has 4 rings (SSSR count). The first kappa shape index (κ1) is 18.2. The predicted molar refractivity (Wildman–Crippen MR) is 108 cm³/mol. The van der Waals surface area contributed by atoms with Gasteiger partial charge in [-0.1, -0.05) is 35.3 Å². The highest BCUT2D eigenvalue weighted by atomic mass is 16.4. The van der Waals surface area contributed by atoms with Crippen molar-refractivity contribution in [3.63, 3.8) is 0 Å². The van der Waals surface area contributed by atoms with Gasteiger partial charge in [0.1, 0.15) is 6.54 Å². The number of pyridine rings is 1. The van der Waals surface area contributed by atoms with Crippen molar-refractivity contribution >= 4 is 16.7 Å². The van der Waals surface area contributed by atoms with E-state index in [1.165, 1.54) is 0 Å². The zero-order valence-corrected chi connectivity index (χ0v) is 15.3. The minimum absolute atomic E-state index is 0.181. The van der Waals surface area contributed by atoms with Crippen molar-refractivity contribution in [2.45, 2.75) is 13.0 Å².